The van der Waals surface area contributed by atoms with Gasteiger partial charge in [-0.05, 0) is 25.0 Å². The Balaban J connectivity index is 1.79. The van der Waals surface area contributed by atoms with Gasteiger partial charge < -0.3 is 5.11 Å². The van der Waals surface area contributed by atoms with Gasteiger partial charge in [-0.1, -0.05) is 18.2 Å². The number of hydrogen-bond donors (Lipinski definition) is 1. The zero-order valence-electron chi connectivity index (χ0n) is 11.6. The minimum atomic E-state index is -0.582. The summed E-state index contributed by atoms with van der Waals surface area (Å²) in [6.07, 6.45) is 1.95. The summed E-state index contributed by atoms with van der Waals surface area (Å²) < 4.78 is 1.82. The standard InChI is InChI=1S/C16H17N3O2/c20-13-8-16(21)18(10-13)15-9-14(11-6-7-11)17-19(15)12-4-2-1-3-5-12/h1-5,9,11,13,20H,6-8,10H2. The molecule has 1 aromatic carbocycles. The van der Waals surface area contributed by atoms with Gasteiger partial charge in [0.05, 0.1) is 30.5 Å². The van der Waals surface area contributed by atoms with Crippen molar-refractivity contribution in [3.63, 3.8) is 0 Å². The van der Waals surface area contributed by atoms with E-state index in [-0.39, 0.29) is 12.3 Å². The third kappa shape index (κ3) is 2.23. The lowest BCUT2D eigenvalue weighted by Gasteiger charge is -2.17. The van der Waals surface area contributed by atoms with E-state index in [2.05, 4.69) is 5.10 Å². The zero-order chi connectivity index (χ0) is 14.4. The lowest BCUT2D eigenvalue weighted by atomic mass is 10.3. The number of anilines is 1. The first-order valence-corrected chi connectivity index (χ1v) is 7.36. The Morgan fingerprint density at radius 3 is 2.57 bits per heavy atom. The van der Waals surface area contributed by atoms with Gasteiger partial charge in [0.15, 0.2) is 0 Å². The molecule has 2 heterocycles. The van der Waals surface area contributed by atoms with Gasteiger partial charge in [0, 0.05) is 12.0 Å². The number of hydrogen-bond acceptors (Lipinski definition) is 3. The molecule has 1 atom stereocenters. The number of rotatable bonds is 3. The molecule has 1 aromatic heterocycles. The molecule has 0 spiro atoms. The predicted octanol–water partition coefficient (Wildman–Crippen LogP) is 1.85. The molecule has 2 aromatic rings. The van der Waals surface area contributed by atoms with Gasteiger partial charge in [0.1, 0.15) is 5.82 Å². The summed E-state index contributed by atoms with van der Waals surface area (Å²) in [4.78, 5) is 13.7. The zero-order valence-corrected chi connectivity index (χ0v) is 11.6. The van der Waals surface area contributed by atoms with Crippen molar-refractivity contribution >= 4 is 11.7 Å². The van der Waals surface area contributed by atoms with Crippen LogP contribution in [0.5, 0.6) is 0 Å². The number of aromatic nitrogens is 2. The highest BCUT2D eigenvalue weighted by molar-refractivity contribution is 5.95. The molecule has 1 aliphatic heterocycles. The van der Waals surface area contributed by atoms with Crippen molar-refractivity contribution in [3.8, 4) is 5.69 Å². The van der Waals surface area contributed by atoms with E-state index in [4.69, 9.17) is 0 Å². The van der Waals surface area contributed by atoms with Crippen LogP contribution in [0.3, 0.4) is 0 Å². The maximum atomic E-state index is 12.1. The molecular formula is C16H17N3O2. The molecule has 4 rings (SSSR count). The SMILES string of the molecule is O=C1CC(O)CN1c1cc(C2CC2)nn1-c1ccccc1. The third-order valence-electron chi connectivity index (χ3n) is 4.09. The molecule has 0 bridgehead atoms. The smallest absolute Gasteiger partial charge is 0.230 e. The van der Waals surface area contributed by atoms with Gasteiger partial charge >= 0.3 is 0 Å². The van der Waals surface area contributed by atoms with Gasteiger partial charge in [0.25, 0.3) is 0 Å². The summed E-state index contributed by atoms with van der Waals surface area (Å²) >= 11 is 0. The van der Waals surface area contributed by atoms with Crippen molar-refractivity contribution in [2.75, 3.05) is 11.4 Å². The second-order valence-electron chi connectivity index (χ2n) is 5.81. The van der Waals surface area contributed by atoms with Crippen LogP contribution in [0.2, 0.25) is 0 Å². The Kier molecular flexibility index (Phi) is 2.82. The van der Waals surface area contributed by atoms with Crippen molar-refractivity contribution in [2.45, 2.75) is 31.3 Å². The summed E-state index contributed by atoms with van der Waals surface area (Å²) in [5.74, 6) is 1.25. The van der Waals surface area contributed by atoms with Crippen molar-refractivity contribution in [1.82, 2.24) is 9.78 Å². The highest BCUT2D eigenvalue weighted by Gasteiger charge is 2.34. The molecule has 1 saturated heterocycles. The maximum absolute atomic E-state index is 12.1. The number of amides is 1. The summed E-state index contributed by atoms with van der Waals surface area (Å²) in [5, 5.41) is 14.4. The van der Waals surface area contributed by atoms with Crippen molar-refractivity contribution in [2.24, 2.45) is 0 Å². The minimum Gasteiger partial charge on any atom is -0.391 e. The van der Waals surface area contributed by atoms with Crippen molar-refractivity contribution < 1.29 is 9.90 Å². The Morgan fingerprint density at radius 1 is 1.19 bits per heavy atom. The second kappa shape index (κ2) is 4.70. The number of aliphatic hydroxyl groups is 1. The number of nitrogens with zero attached hydrogens (tertiary/aromatic N) is 3. The molecule has 2 fully saturated rings. The average molecular weight is 283 g/mol. The molecule has 108 valence electrons. The fraction of sp³-hybridized carbons (Fsp3) is 0.375. The summed E-state index contributed by atoms with van der Waals surface area (Å²) in [7, 11) is 0. The van der Waals surface area contributed by atoms with Crippen LogP contribution >= 0.6 is 0 Å². The molecular weight excluding hydrogens is 266 g/mol. The Bertz CT molecular complexity index is 676. The molecule has 2 aliphatic rings. The van der Waals surface area contributed by atoms with Crippen LogP contribution in [0, 0.1) is 0 Å². The molecule has 1 amide bonds. The first kappa shape index (κ1) is 12.6. The molecule has 21 heavy (non-hydrogen) atoms. The van der Waals surface area contributed by atoms with E-state index in [0.717, 1.165) is 17.2 Å². The third-order valence-corrected chi connectivity index (χ3v) is 4.09. The van der Waals surface area contributed by atoms with E-state index < -0.39 is 6.10 Å². The Morgan fingerprint density at radius 2 is 1.95 bits per heavy atom. The van der Waals surface area contributed by atoms with E-state index in [1.54, 1.807) is 4.90 Å². The Hall–Kier alpha value is -2.14. The largest absolute Gasteiger partial charge is 0.391 e. The average Bonchev–Trinajstić information content (AvgIpc) is 3.16. The van der Waals surface area contributed by atoms with E-state index in [1.807, 2.05) is 41.1 Å². The first-order chi connectivity index (χ1) is 10.2. The van der Waals surface area contributed by atoms with Crippen LogP contribution in [0.15, 0.2) is 36.4 Å². The maximum Gasteiger partial charge on any atom is 0.230 e. The van der Waals surface area contributed by atoms with Gasteiger partial charge in [-0.15, -0.1) is 0 Å². The predicted molar refractivity (Wildman–Crippen MR) is 78.5 cm³/mol. The Labute approximate surface area is 122 Å². The van der Waals surface area contributed by atoms with Gasteiger partial charge in [0.2, 0.25) is 5.91 Å². The molecule has 1 saturated carbocycles. The van der Waals surface area contributed by atoms with E-state index in [9.17, 15) is 9.90 Å². The van der Waals surface area contributed by atoms with E-state index in [0.29, 0.717) is 12.5 Å². The topological polar surface area (TPSA) is 58.4 Å². The van der Waals surface area contributed by atoms with Crippen LogP contribution in [0.1, 0.15) is 30.9 Å². The van der Waals surface area contributed by atoms with Crippen LogP contribution < -0.4 is 4.90 Å². The molecule has 5 heteroatoms. The summed E-state index contributed by atoms with van der Waals surface area (Å²) in [5.41, 5.74) is 1.98. The summed E-state index contributed by atoms with van der Waals surface area (Å²) in [6.45, 7) is 0.349. The van der Waals surface area contributed by atoms with Crippen molar-refractivity contribution in [3.05, 3.63) is 42.1 Å². The lowest BCUT2D eigenvalue weighted by Crippen LogP contribution is -2.27. The monoisotopic (exact) mass is 283 g/mol. The highest BCUT2D eigenvalue weighted by atomic mass is 16.3. The van der Waals surface area contributed by atoms with Crippen LogP contribution in [0.25, 0.3) is 5.69 Å². The normalized spacial score (nSPS) is 22.0. The van der Waals surface area contributed by atoms with E-state index >= 15 is 0 Å². The van der Waals surface area contributed by atoms with Gasteiger partial charge in [-0.2, -0.15) is 5.10 Å². The first-order valence-electron chi connectivity index (χ1n) is 7.36. The number of para-hydroxylation sites is 1. The molecule has 0 radical (unpaired) electrons. The molecule has 1 unspecified atom stereocenters. The van der Waals surface area contributed by atoms with Crippen LogP contribution in [-0.4, -0.2) is 33.4 Å². The lowest BCUT2D eigenvalue weighted by molar-refractivity contribution is -0.117. The van der Waals surface area contributed by atoms with Crippen LogP contribution in [0.4, 0.5) is 5.82 Å². The molecule has 1 aliphatic carbocycles. The fourth-order valence-electron chi connectivity index (χ4n) is 2.83. The second-order valence-corrected chi connectivity index (χ2v) is 5.81. The number of carbonyl (C=O) groups excluding carboxylic acids is 1. The van der Waals surface area contributed by atoms with Crippen molar-refractivity contribution in [1.29, 1.82) is 0 Å². The number of carbonyl (C=O) groups is 1. The molecule has 1 N–H and O–H groups in total. The molecule has 5 nitrogen and oxygen atoms in total. The fourth-order valence-corrected chi connectivity index (χ4v) is 2.83. The number of benzene rings is 1. The van der Waals surface area contributed by atoms with Crippen LogP contribution in [-0.2, 0) is 4.79 Å². The summed E-state index contributed by atoms with van der Waals surface area (Å²) in [6, 6.07) is 11.8. The quantitative estimate of drug-likeness (QED) is 0.935. The number of β-amino-alcohol motifs (C(OH)–C–C–N with tert-alkyl or cyclic N) is 1. The van der Waals surface area contributed by atoms with Gasteiger partial charge in [-0.25, -0.2) is 4.68 Å². The van der Waals surface area contributed by atoms with E-state index in [1.165, 1.54) is 12.8 Å². The van der Waals surface area contributed by atoms with Gasteiger partial charge in [-0.3, -0.25) is 9.69 Å². The number of aliphatic hydroxyl groups excluding tert-OH is 1. The highest BCUT2D eigenvalue weighted by Crippen LogP contribution is 2.41. The minimum absolute atomic E-state index is 0.0399.